The third-order valence-corrected chi connectivity index (χ3v) is 8.25. The topological polar surface area (TPSA) is 43.1 Å². The SMILES string of the molecule is Brc1ccc(-c2nnc3sc(CC45CC6CC(CC(C6)C4)C5)nn23)cc1. The monoisotopic (exact) mass is 428 g/mol. The van der Waals surface area contributed by atoms with Crippen LogP contribution in [0.3, 0.4) is 0 Å². The predicted molar refractivity (Wildman–Crippen MR) is 106 cm³/mol. The molecule has 0 radical (unpaired) electrons. The summed E-state index contributed by atoms with van der Waals surface area (Å²) >= 11 is 5.23. The van der Waals surface area contributed by atoms with Crippen molar-refractivity contribution in [1.29, 1.82) is 0 Å². The molecule has 1 aromatic carbocycles. The Morgan fingerprint density at radius 1 is 1.00 bits per heavy atom. The van der Waals surface area contributed by atoms with Gasteiger partial charge in [-0.1, -0.05) is 39.4 Å². The van der Waals surface area contributed by atoms with Gasteiger partial charge in [-0.25, -0.2) is 0 Å². The molecule has 0 amide bonds. The van der Waals surface area contributed by atoms with Crippen LogP contribution < -0.4 is 0 Å². The Morgan fingerprint density at radius 3 is 2.31 bits per heavy atom. The van der Waals surface area contributed by atoms with Gasteiger partial charge in [0.2, 0.25) is 4.96 Å². The van der Waals surface area contributed by atoms with Gasteiger partial charge in [-0.3, -0.25) is 0 Å². The van der Waals surface area contributed by atoms with Crippen molar-refractivity contribution in [3.8, 4) is 11.4 Å². The minimum atomic E-state index is 0.524. The number of rotatable bonds is 3. The number of hydrogen-bond acceptors (Lipinski definition) is 4. The van der Waals surface area contributed by atoms with Crippen LogP contribution in [0.1, 0.15) is 43.5 Å². The fraction of sp³-hybridized carbons (Fsp3) is 0.550. The van der Waals surface area contributed by atoms with E-state index in [4.69, 9.17) is 5.10 Å². The largest absolute Gasteiger partial charge is 0.234 e. The van der Waals surface area contributed by atoms with E-state index in [1.54, 1.807) is 11.3 Å². The molecule has 4 fully saturated rings. The van der Waals surface area contributed by atoms with Crippen LogP contribution in [0.4, 0.5) is 0 Å². The van der Waals surface area contributed by atoms with Crippen molar-refractivity contribution in [3.63, 3.8) is 0 Å². The molecule has 6 heteroatoms. The second-order valence-electron chi connectivity index (χ2n) is 8.82. The van der Waals surface area contributed by atoms with Crippen molar-refractivity contribution in [2.75, 3.05) is 0 Å². The lowest BCUT2D eigenvalue weighted by atomic mass is 9.49. The van der Waals surface area contributed by atoms with Gasteiger partial charge in [0.25, 0.3) is 0 Å². The molecule has 0 aliphatic heterocycles. The lowest BCUT2D eigenvalue weighted by Crippen LogP contribution is -2.47. The summed E-state index contributed by atoms with van der Waals surface area (Å²) in [4.78, 5) is 0.919. The summed E-state index contributed by atoms with van der Waals surface area (Å²) in [6.07, 6.45) is 9.93. The van der Waals surface area contributed by atoms with E-state index >= 15 is 0 Å². The normalized spacial score (nSPS) is 32.6. The van der Waals surface area contributed by atoms with Crippen LogP contribution >= 0.6 is 27.3 Å². The first kappa shape index (κ1) is 15.8. The van der Waals surface area contributed by atoms with Gasteiger partial charge in [0.05, 0.1) is 0 Å². The average Bonchev–Trinajstić information content (AvgIpc) is 3.14. The van der Waals surface area contributed by atoms with E-state index in [0.717, 1.165) is 45.0 Å². The summed E-state index contributed by atoms with van der Waals surface area (Å²) in [6, 6.07) is 8.22. The zero-order valence-corrected chi connectivity index (χ0v) is 17.0. The molecule has 2 heterocycles. The van der Waals surface area contributed by atoms with Crippen molar-refractivity contribution in [1.82, 2.24) is 19.8 Å². The second-order valence-corrected chi connectivity index (χ2v) is 10.8. The summed E-state index contributed by atoms with van der Waals surface area (Å²) in [5.74, 6) is 3.82. The molecular weight excluding hydrogens is 408 g/mol. The van der Waals surface area contributed by atoms with Crippen LogP contribution in [0.15, 0.2) is 28.7 Å². The van der Waals surface area contributed by atoms with E-state index < -0.39 is 0 Å². The van der Waals surface area contributed by atoms with Crippen LogP contribution in [0, 0.1) is 23.2 Å². The number of aromatic nitrogens is 4. The van der Waals surface area contributed by atoms with Crippen LogP contribution in [0.25, 0.3) is 16.3 Å². The highest BCUT2D eigenvalue weighted by atomic mass is 79.9. The van der Waals surface area contributed by atoms with Crippen molar-refractivity contribution in [2.45, 2.75) is 44.9 Å². The fourth-order valence-corrected chi connectivity index (χ4v) is 7.61. The number of benzene rings is 1. The Morgan fingerprint density at radius 2 is 1.65 bits per heavy atom. The third-order valence-electron chi connectivity index (χ3n) is 6.83. The van der Waals surface area contributed by atoms with Gasteiger partial charge >= 0.3 is 0 Å². The van der Waals surface area contributed by atoms with E-state index in [-0.39, 0.29) is 0 Å². The Bertz CT molecular complexity index is 938. The Labute approximate surface area is 165 Å². The fourth-order valence-electron chi connectivity index (χ4n) is 6.33. The summed E-state index contributed by atoms with van der Waals surface area (Å²) < 4.78 is 3.02. The molecule has 0 saturated heterocycles. The molecule has 0 atom stereocenters. The predicted octanol–water partition coefficient (Wildman–Crippen LogP) is 5.37. The molecule has 2 aromatic heterocycles. The molecule has 4 aliphatic carbocycles. The van der Waals surface area contributed by atoms with Crippen LogP contribution in [-0.4, -0.2) is 19.8 Å². The molecule has 4 bridgehead atoms. The molecule has 7 rings (SSSR count). The summed E-state index contributed by atoms with van der Waals surface area (Å²) in [5.41, 5.74) is 1.59. The van der Waals surface area contributed by atoms with E-state index in [2.05, 4.69) is 38.3 Å². The summed E-state index contributed by atoms with van der Waals surface area (Å²) in [6.45, 7) is 0. The highest BCUT2D eigenvalue weighted by Crippen LogP contribution is 2.61. The smallest absolute Gasteiger partial charge is 0.183 e. The molecule has 0 N–H and O–H groups in total. The zero-order valence-electron chi connectivity index (χ0n) is 14.6. The van der Waals surface area contributed by atoms with Gasteiger partial charge in [0.1, 0.15) is 5.01 Å². The van der Waals surface area contributed by atoms with Gasteiger partial charge < -0.3 is 0 Å². The van der Waals surface area contributed by atoms with Crippen LogP contribution in [0.2, 0.25) is 0 Å². The molecule has 0 spiro atoms. The lowest BCUT2D eigenvalue weighted by Gasteiger charge is -2.56. The number of nitrogens with zero attached hydrogens (tertiary/aromatic N) is 4. The molecular formula is C20H21BrN4S. The highest BCUT2D eigenvalue weighted by molar-refractivity contribution is 9.10. The first-order valence-corrected chi connectivity index (χ1v) is 11.2. The van der Waals surface area contributed by atoms with Crippen molar-refractivity contribution >= 4 is 32.2 Å². The third kappa shape index (κ3) is 2.48. The number of hydrogen-bond donors (Lipinski definition) is 0. The van der Waals surface area contributed by atoms with Crippen LogP contribution in [-0.2, 0) is 6.42 Å². The Kier molecular flexibility index (Phi) is 3.40. The Hall–Kier alpha value is -1.27. The molecule has 4 nitrogen and oxygen atoms in total. The summed E-state index contributed by atoms with van der Waals surface area (Å²) in [5, 5.41) is 14.9. The molecule has 26 heavy (non-hydrogen) atoms. The van der Waals surface area contributed by atoms with E-state index in [9.17, 15) is 0 Å². The highest BCUT2D eigenvalue weighted by Gasteiger charge is 2.51. The minimum absolute atomic E-state index is 0.524. The maximum absolute atomic E-state index is 4.95. The summed E-state index contributed by atoms with van der Waals surface area (Å²) in [7, 11) is 0. The quantitative estimate of drug-likeness (QED) is 0.562. The van der Waals surface area contributed by atoms with Crippen LogP contribution in [0.5, 0.6) is 0 Å². The van der Waals surface area contributed by atoms with Crippen molar-refractivity contribution in [2.24, 2.45) is 23.2 Å². The van der Waals surface area contributed by atoms with Crippen molar-refractivity contribution < 1.29 is 0 Å². The number of fused-ring (bicyclic) bond motifs is 1. The first-order valence-electron chi connectivity index (χ1n) is 9.63. The van der Waals surface area contributed by atoms with E-state index in [0.29, 0.717) is 5.41 Å². The molecule has 3 aromatic rings. The molecule has 0 unspecified atom stereocenters. The van der Waals surface area contributed by atoms with Gasteiger partial charge in [0.15, 0.2) is 5.82 Å². The maximum atomic E-state index is 4.95. The lowest BCUT2D eigenvalue weighted by molar-refractivity contribution is -0.0522. The zero-order chi connectivity index (χ0) is 17.3. The molecule has 4 saturated carbocycles. The van der Waals surface area contributed by atoms with E-state index in [1.807, 2.05) is 16.6 Å². The maximum Gasteiger partial charge on any atom is 0.234 e. The van der Waals surface area contributed by atoms with Crippen molar-refractivity contribution in [3.05, 3.63) is 33.7 Å². The Balaban J connectivity index is 1.33. The first-order chi connectivity index (χ1) is 12.7. The molecule has 4 aliphatic rings. The average molecular weight is 429 g/mol. The molecule has 134 valence electrons. The van der Waals surface area contributed by atoms with Gasteiger partial charge in [-0.05, 0) is 73.8 Å². The second kappa shape index (κ2) is 5.61. The number of halogens is 1. The van der Waals surface area contributed by atoms with Gasteiger partial charge in [-0.2, -0.15) is 9.61 Å². The van der Waals surface area contributed by atoms with Gasteiger partial charge in [0, 0.05) is 16.5 Å². The standard InChI is InChI=1S/C20H21BrN4S/c21-16-3-1-15(2-4-16)18-22-23-19-25(18)24-17(26-19)11-20-8-12-5-13(9-20)7-14(6-12)10-20/h1-4,12-14H,5-11H2. The van der Waals surface area contributed by atoms with E-state index in [1.165, 1.54) is 43.5 Å². The van der Waals surface area contributed by atoms with Gasteiger partial charge in [-0.15, -0.1) is 10.2 Å². The minimum Gasteiger partial charge on any atom is -0.183 e.